The first kappa shape index (κ1) is 20.3. The van der Waals surface area contributed by atoms with Crippen molar-refractivity contribution in [2.24, 2.45) is 11.5 Å². The summed E-state index contributed by atoms with van der Waals surface area (Å²) < 4.78 is 14.6. The van der Waals surface area contributed by atoms with Crippen molar-refractivity contribution < 1.29 is 9.18 Å². The number of anilines is 3. The number of nitrogens with zero attached hydrogens (tertiary/aromatic N) is 2. The number of primary amides is 1. The van der Waals surface area contributed by atoms with Crippen molar-refractivity contribution in [1.29, 1.82) is 0 Å². The zero-order valence-electron chi connectivity index (χ0n) is 16.2. The van der Waals surface area contributed by atoms with Gasteiger partial charge in [-0.1, -0.05) is 30.5 Å². The molecule has 7 nitrogen and oxygen atoms in total. The van der Waals surface area contributed by atoms with Crippen LogP contribution in [0, 0.1) is 5.82 Å². The first-order valence-corrected chi connectivity index (χ1v) is 10.1. The van der Waals surface area contributed by atoms with Gasteiger partial charge in [-0.05, 0) is 37.1 Å². The highest BCUT2D eigenvalue weighted by Gasteiger charge is 2.24. The van der Waals surface area contributed by atoms with Gasteiger partial charge in [0.15, 0.2) is 11.6 Å². The number of rotatable bonds is 5. The summed E-state index contributed by atoms with van der Waals surface area (Å²) >= 11 is 5.98. The van der Waals surface area contributed by atoms with Gasteiger partial charge < -0.3 is 22.1 Å². The normalized spacial score (nSPS) is 18.9. The molecule has 1 aliphatic carbocycles. The van der Waals surface area contributed by atoms with Crippen LogP contribution in [0.15, 0.2) is 36.5 Å². The predicted octanol–water partition coefficient (Wildman–Crippen LogP) is 3.95. The Bertz CT molecular complexity index is 1110. The van der Waals surface area contributed by atoms with Gasteiger partial charge in [-0.2, -0.15) is 0 Å². The lowest BCUT2D eigenvalue weighted by Gasteiger charge is -2.30. The molecule has 2 heterocycles. The lowest BCUT2D eigenvalue weighted by atomic mass is 9.91. The molecule has 2 aromatic heterocycles. The standard InChI is InChI=1S/C21H22ClFN6O/c22-12-7-11-5-6-13(8-18(11)26-10-12)27-20-14(19(25)30)9-15(23)21(29-20)28-17-4-2-1-3-16(17)24/h5-10,16-17H,1-4,24H2,(H2,25,30)(H2,27,28,29)/t16-,17?/m0/s1. The first-order valence-electron chi connectivity index (χ1n) is 9.75. The number of carbonyl (C=O) groups excluding carboxylic acids is 1. The van der Waals surface area contributed by atoms with Crippen molar-refractivity contribution in [1.82, 2.24) is 9.97 Å². The third-order valence-electron chi connectivity index (χ3n) is 5.30. The molecule has 9 heteroatoms. The van der Waals surface area contributed by atoms with Gasteiger partial charge in [0.25, 0.3) is 5.91 Å². The van der Waals surface area contributed by atoms with Crippen molar-refractivity contribution in [3.8, 4) is 0 Å². The lowest BCUT2D eigenvalue weighted by Crippen LogP contribution is -2.43. The molecular formula is C21H22ClFN6O. The van der Waals surface area contributed by atoms with E-state index >= 15 is 0 Å². The Balaban J connectivity index is 1.67. The Morgan fingerprint density at radius 1 is 1.17 bits per heavy atom. The van der Waals surface area contributed by atoms with Crippen molar-refractivity contribution >= 4 is 45.7 Å². The summed E-state index contributed by atoms with van der Waals surface area (Å²) in [5.74, 6) is -1.24. The Morgan fingerprint density at radius 3 is 2.73 bits per heavy atom. The van der Waals surface area contributed by atoms with E-state index in [0.29, 0.717) is 16.2 Å². The molecule has 1 aromatic carbocycles. The number of benzene rings is 1. The molecule has 0 bridgehead atoms. The van der Waals surface area contributed by atoms with Gasteiger partial charge in [0, 0.05) is 29.4 Å². The Morgan fingerprint density at radius 2 is 1.97 bits per heavy atom. The molecular weight excluding hydrogens is 407 g/mol. The number of hydrogen-bond donors (Lipinski definition) is 4. The third kappa shape index (κ3) is 4.29. The van der Waals surface area contributed by atoms with E-state index < -0.39 is 11.7 Å². The van der Waals surface area contributed by atoms with Crippen LogP contribution in [0.25, 0.3) is 10.9 Å². The third-order valence-corrected chi connectivity index (χ3v) is 5.50. The van der Waals surface area contributed by atoms with Gasteiger partial charge >= 0.3 is 0 Å². The molecule has 0 radical (unpaired) electrons. The topological polar surface area (TPSA) is 119 Å². The molecule has 156 valence electrons. The number of nitrogens with one attached hydrogen (secondary N) is 2. The molecule has 1 fully saturated rings. The average molecular weight is 429 g/mol. The zero-order chi connectivity index (χ0) is 21.3. The van der Waals surface area contributed by atoms with E-state index in [1.54, 1.807) is 24.4 Å². The van der Waals surface area contributed by atoms with Crippen molar-refractivity contribution in [2.75, 3.05) is 10.6 Å². The van der Waals surface area contributed by atoms with E-state index in [-0.39, 0.29) is 29.3 Å². The van der Waals surface area contributed by atoms with Gasteiger partial charge in [-0.3, -0.25) is 9.78 Å². The van der Waals surface area contributed by atoms with E-state index in [4.69, 9.17) is 23.1 Å². The molecule has 1 amide bonds. The van der Waals surface area contributed by atoms with E-state index in [1.807, 2.05) is 6.07 Å². The number of fused-ring (bicyclic) bond motifs is 1. The molecule has 6 N–H and O–H groups in total. The van der Waals surface area contributed by atoms with Crippen molar-refractivity contribution in [3.05, 3.63) is 52.9 Å². The number of pyridine rings is 2. The molecule has 0 spiro atoms. The number of nitrogens with two attached hydrogens (primary N) is 2. The van der Waals surface area contributed by atoms with E-state index in [9.17, 15) is 9.18 Å². The highest BCUT2D eigenvalue weighted by molar-refractivity contribution is 6.31. The molecule has 0 saturated heterocycles. The number of hydrogen-bond acceptors (Lipinski definition) is 6. The lowest BCUT2D eigenvalue weighted by molar-refractivity contribution is 0.100. The summed E-state index contributed by atoms with van der Waals surface area (Å²) in [6, 6.07) is 8.14. The molecule has 30 heavy (non-hydrogen) atoms. The van der Waals surface area contributed by atoms with E-state index in [1.165, 1.54) is 0 Å². The number of carbonyl (C=O) groups is 1. The van der Waals surface area contributed by atoms with Crippen molar-refractivity contribution in [3.63, 3.8) is 0 Å². The monoisotopic (exact) mass is 428 g/mol. The van der Waals surface area contributed by atoms with Gasteiger partial charge in [0.05, 0.1) is 16.1 Å². The molecule has 1 aliphatic rings. The van der Waals surface area contributed by atoms with Crippen LogP contribution >= 0.6 is 11.6 Å². The molecule has 1 saturated carbocycles. The fourth-order valence-electron chi connectivity index (χ4n) is 3.70. The molecule has 3 aromatic rings. The zero-order valence-corrected chi connectivity index (χ0v) is 16.9. The molecule has 4 rings (SSSR count). The fraction of sp³-hybridized carbons (Fsp3) is 0.286. The van der Waals surface area contributed by atoms with Gasteiger partial charge in [0.2, 0.25) is 0 Å². The Labute approximate surface area is 178 Å². The summed E-state index contributed by atoms with van der Waals surface area (Å²) in [4.78, 5) is 20.5. The summed E-state index contributed by atoms with van der Waals surface area (Å²) in [5.41, 5.74) is 12.9. The quantitative estimate of drug-likeness (QED) is 0.488. The maximum absolute atomic E-state index is 14.6. The van der Waals surface area contributed by atoms with Crippen LogP contribution in [-0.2, 0) is 0 Å². The maximum atomic E-state index is 14.6. The predicted molar refractivity (Wildman–Crippen MR) is 117 cm³/mol. The van der Waals surface area contributed by atoms with E-state index in [2.05, 4.69) is 20.6 Å². The van der Waals surface area contributed by atoms with Crippen LogP contribution in [0.2, 0.25) is 5.02 Å². The van der Waals surface area contributed by atoms with E-state index in [0.717, 1.165) is 37.1 Å². The largest absolute Gasteiger partial charge is 0.365 e. The maximum Gasteiger partial charge on any atom is 0.252 e. The molecule has 1 unspecified atom stereocenters. The van der Waals surface area contributed by atoms with Gasteiger partial charge in [-0.25, -0.2) is 9.37 Å². The minimum absolute atomic E-state index is 0.0375. The second-order valence-electron chi connectivity index (χ2n) is 7.46. The minimum atomic E-state index is -0.782. The fourth-order valence-corrected chi connectivity index (χ4v) is 3.86. The Kier molecular flexibility index (Phi) is 5.69. The van der Waals surface area contributed by atoms with Crippen molar-refractivity contribution in [2.45, 2.75) is 37.8 Å². The van der Waals surface area contributed by atoms with Gasteiger partial charge in [0.1, 0.15) is 5.82 Å². The summed E-state index contributed by atoms with van der Waals surface area (Å²) in [6.07, 6.45) is 5.34. The smallest absolute Gasteiger partial charge is 0.252 e. The van der Waals surface area contributed by atoms with Crippen LogP contribution < -0.4 is 22.1 Å². The average Bonchev–Trinajstić information content (AvgIpc) is 2.71. The first-order chi connectivity index (χ1) is 14.4. The number of aromatic nitrogens is 2. The molecule has 2 atom stereocenters. The second kappa shape index (κ2) is 8.41. The van der Waals surface area contributed by atoms with Crippen LogP contribution in [0.3, 0.4) is 0 Å². The highest BCUT2D eigenvalue weighted by Crippen LogP contribution is 2.28. The summed E-state index contributed by atoms with van der Waals surface area (Å²) in [5, 5.41) is 7.55. The number of amides is 1. The molecule has 0 aliphatic heterocycles. The van der Waals surface area contributed by atoms with Crippen LogP contribution in [0.4, 0.5) is 21.7 Å². The Hall–Kier alpha value is -2.97. The minimum Gasteiger partial charge on any atom is -0.365 e. The summed E-state index contributed by atoms with van der Waals surface area (Å²) in [7, 11) is 0. The van der Waals surface area contributed by atoms with Gasteiger partial charge in [-0.15, -0.1) is 0 Å². The highest BCUT2D eigenvalue weighted by atomic mass is 35.5. The summed E-state index contributed by atoms with van der Waals surface area (Å²) in [6.45, 7) is 0. The number of halogens is 2. The SMILES string of the molecule is NC(=O)c1cc(F)c(NC2CCCC[C@@H]2N)nc1Nc1ccc2cc(Cl)cnc2c1. The van der Waals surface area contributed by atoms with Crippen LogP contribution in [0.5, 0.6) is 0 Å². The second-order valence-corrected chi connectivity index (χ2v) is 7.90. The van der Waals surface area contributed by atoms with Crippen LogP contribution in [0.1, 0.15) is 36.0 Å². The van der Waals surface area contributed by atoms with Crippen LogP contribution in [-0.4, -0.2) is 28.0 Å².